The third-order valence-corrected chi connectivity index (χ3v) is 3.47. The smallest absolute Gasteiger partial charge is 0.317 e. The van der Waals surface area contributed by atoms with Gasteiger partial charge in [0, 0.05) is 19.7 Å². The van der Waals surface area contributed by atoms with Crippen molar-refractivity contribution >= 4 is 17.6 Å². The zero-order chi connectivity index (χ0) is 16.8. The van der Waals surface area contributed by atoms with E-state index in [1.54, 1.807) is 31.3 Å². The molecule has 0 saturated heterocycles. The highest BCUT2D eigenvalue weighted by Crippen LogP contribution is 2.16. The van der Waals surface area contributed by atoms with Gasteiger partial charge < -0.3 is 15.0 Å². The first kappa shape index (κ1) is 17.0. The summed E-state index contributed by atoms with van der Waals surface area (Å²) in [6, 6.07) is 9.49. The van der Waals surface area contributed by atoms with E-state index in [9.17, 15) is 9.18 Å². The molecule has 23 heavy (non-hydrogen) atoms. The number of pyridine rings is 1. The van der Waals surface area contributed by atoms with Crippen molar-refractivity contribution in [2.45, 2.75) is 13.1 Å². The Kier molecular flexibility index (Phi) is 5.76. The predicted molar refractivity (Wildman–Crippen MR) is 85.9 cm³/mol. The van der Waals surface area contributed by atoms with Crippen LogP contribution < -0.4 is 10.1 Å². The van der Waals surface area contributed by atoms with E-state index >= 15 is 0 Å². The molecule has 0 aliphatic heterocycles. The molecule has 0 spiro atoms. The Morgan fingerprint density at radius 3 is 2.87 bits per heavy atom. The molecule has 122 valence electrons. The number of benzene rings is 1. The molecule has 0 saturated carbocycles. The molecule has 0 fully saturated rings. The Labute approximate surface area is 139 Å². The van der Waals surface area contributed by atoms with Gasteiger partial charge in [-0.2, -0.15) is 0 Å². The second-order valence-electron chi connectivity index (χ2n) is 4.93. The van der Waals surface area contributed by atoms with Crippen LogP contribution in [-0.4, -0.2) is 30.1 Å². The first-order chi connectivity index (χ1) is 11.0. The van der Waals surface area contributed by atoms with Gasteiger partial charge in [-0.05, 0) is 23.8 Å². The average molecular weight is 338 g/mol. The maximum atomic E-state index is 13.4. The van der Waals surface area contributed by atoms with Gasteiger partial charge in [0.1, 0.15) is 5.82 Å². The van der Waals surface area contributed by atoms with E-state index in [1.807, 2.05) is 0 Å². The maximum Gasteiger partial charge on any atom is 0.317 e. The molecule has 7 heteroatoms. The molecule has 0 aliphatic rings. The molecule has 2 aromatic rings. The van der Waals surface area contributed by atoms with Crippen molar-refractivity contribution in [1.82, 2.24) is 15.2 Å². The van der Waals surface area contributed by atoms with Crippen molar-refractivity contribution in [1.29, 1.82) is 0 Å². The van der Waals surface area contributed by atoms with Crippen molar-refractivity contribution in [3.05, 3.63) is 58.5 Å². The van der Waals surface area contributed by atoms with Crippen LogP contribution in [0.4, 0.5) is 9.18 Å². The number of hydrogen-bond acceptors (Lipinski definition) is 3. The standard InChI is InChI=1S/C16H17ClFN3O2/c1-21(10-11-6-7-13(17)14(18)8-11)16(22)19-9-12-4-3-5-15(20-12)23-2/h3-8H,9-10H2,1-2H3,(H,19,22). The zero-order valence-corrected chi connectivity index (χ0v) is 13.6. The number of halogens is 2. The Morgan fingerprint density at radius 2 is 2.17 bits per heavy atom. The Hall–Kier alpha value is -2.34. The molecule has 2 rings (SSSR count). The van der Waals surface area contributed by atoms with Crippen LogP contribution >= 0.6 is 11.6 Å². The van der Waals surface area contributed by atoms with Crippen LogP contribution in [0.25, 0.3) is 0 Å². The second kappa shape index (κ2) is 7.78. The van der Waals surface area contributed by atoms with Crippen molar-refractivity contribution in [2.75, 3.05) is 14.2 Å². The summed E-state index contributed by atoms with van der Waals surface area (Å²) in [6.45, 7) is 0.542. The largest absolute Gasteiger partial charge is 0.481 e. The minimum atomic E-state index is -0.501. The topological polar surface area (TPSA) is 54.5 Å². The summed E-state index contributed by atoms with van der Waals surface area (Å²) in [6.07, 6.45) is 0. The summed E-state index contributed by atoms with van der Waals surface area (Å²) in [4.78, 5) is 17.7. The number of ether oxygens (including phenoxy) is 1. The van der Waals surface area contributed by atoms with E-state index in [2.05, 4.69) is 10.3 Å². The van der Waals surface area contributed by atoms with Crippen LogP contribution in [0, 0.1) is 5.82 Å². The number of methoxy groups -OCH3 is 1. The van der Waals surface area contributed by atoms with Crippen molar-refractivity contribution < 1.29 is 13.9 Å². The minimum absolute atomic E-state index is 0.0601. The van der Waals surface area contributed by atoms with E-state index in [1.165, 1.54) is 24.1 Å². The third-order valence-electron chi connectivity index (χ3n) is 3.16. The fourth-order valence-electron chi connectivity index (χ4n) is 1.95. The first-order valence-corrected chi connectivity index (χ1v) is 7.30. The van der Waals surface area contributed by atoms with Gasteiger partial charge in [-0.3, -0.25) is 0 Å². The molecule has 1 aromatic carbocycles. The molecule has 1 aromatic heterocycles. The fraction of sp³-hybridized carbons (Fsp3) is 0.250. The summed E-state index contributed by atoms with van der Waals surface area (Å²) in [5.41, 5.74) is 1.34. The molecular weight excluding hydrogens is 321 g/mol. The minimum Gasteiger partial charge on any atom is -0.481 e. The maximum absolute atomic E-state index is 13.4. The van der Waals surface area contributed by atoms with Crippen molar-refractivity contribution in [2.24, 2.45) is 0 Å². The molecule has 5 nitrogen and oxygen atoms in total. The molecule has 0 bridgehead atoms. The SMILES string of the molecule is COc1cccc(CNC(=O)N(C)Cc2ccc(Cl)c(F)c2)n1. The molecule has 0 atom stereocenters. The Morgan fingerprint density at radius 1 is 1.39 bits per heavy atom. The second-order valence-corrected chi connectivity index (χ2v) is 5.34. The van der Waals surface area contributed by atoms with E-state index < -0.39 is 5.82 Å². The number of hydrogen-bond donors (Lipinski definition) is 1. The van der Waals surface area contributed by atoms with E-state index in [4.69, 9.17) is 16.3 Å². The fourth-order valence-corrected chi connectivity index (χ4v) is 2.07. The van der Waals surface area contributed by atoms with Gasteiger partial charge >= 0.3 is 6.03 Å². The summed E-state index contributed by atoms with van der Waals surface area (Å²) >= 11 is 5.64. The lowest BCUT2D eigenvalue weighted by molar-refractivity contribution is 0.206. The van der Waals surface area contributed by atoms with Gasteiger partial charge in [0.15, 0.2) is 0 Å². The van der Waals surface area contributed by atoms with E-state index in [0.29, 0.717) is 17.1 Å². The van der Waals surface area contributed by atoms with E-state index in [-0.39, 0.29) is 24.1 Å². The Bertz CT molecular complexity index is 697. The third kappa shape index (κ3) is 4.82. The lowest BCUT2D eigenvalue weighted by atomic mass is 10.2. The molecule has 1 heterocycles. The van der Waals surface area contributed by atoms with Crippen LogP contribution in [0.5, 0.6) is 5.88 Å². The first-order valence-electron chi connectivity index (χ1n) is 6.92. The summed E-state index contributed by atoms with van der Waals surface area (Å²) in [5.74, 6) is -0.0136. The van der Waals surface area contributed by atoms with Gasteiger partial charge in [0.25, 0.3) is 0 Å². The number of nitrogens with zero attached hydrogens (tertiary/aromatic N) is 2. The van der Waals surface area contributed by atoms with Gasteiger partial charge in [-0.1, -0.05) is 23.7 Å². The molecule has 2 amide bonds. The quantitative estimate of drug-likeness (QED) is 0.911. The summed E-state index contributed by atoms with van der Waals surface area (Å²) < 4.78 is 18.4. The summed E-state index contributed by atoms with van der Waals surface area (Å²) in [7, 11) is 3.16. The number of urea groups is 1. The molecule has 1 N–H and O–H groups in total. The highest BCUT2D eigenvalue weighted by molar-refractivity contribution is 6.30. The molecule has 0 aliphatic carbocycles. The van der Waals surface area contributed by atoms with Gasteiger partial charge in [-0.25, -0.2) is 14.2 Å². The lowest BCUT2D eigenvalue weighted by Crippen LogP contribution is -2.36. The Balaban J connectivity index is 1.90. The van der Waals surface area contributed by atoms with Crippen LogP contribution in [0.1, 0.15) is 11.3 Å². The predicted octanol–water partition coefficient (Wildman–Crippen LogP) is 3.22. The highest BCUT2D eigenvalue weighted by Gasteiger charge is 2.10. The van der Waals surface area contributed by atoms with Crippen LogP contribution in [0.15, 0.2) is 36.4 Å². The summed E-state index contributed by atoms with van der Waals surface area (Å²) in [5, 5.41) is 2.81. The monoisotopic (exact) mass is 337 g/mol. The van der Waals surface area contributed by atoms with Gasteiger partial charge in [0.05, 0.1) is 24.4 Å². The van der Waals surface area contributed by atoms with E-state index in [0.717, 1.165) is 0 Å². The van der Waals surface area contributed by atoms with Gasteiger partial charge in [-0.15, -0.1) is 0 Å². The number of aromatic nitrogens is 1. The number of rotatable bonds is 5. The lowest BCUT2D eigenvalue weighted by Gasteiger charge is -2.18. The normalized spacial score (nSPS) is 10.3. The van der Waals surface area contributed by atoms with Crippen molar-refractivity contribution in [3.63, 3.8) is 0 Å². The van der Waals surface area contributed by atoms with Crippen LogP contribution in [0.3, 0.4) is 0 Å². The van der Waals surface area contributed by atoms with Gasteiger partial charge in [0.2, 0.25) is 5.88 Å². The zero-order valence-electron chi connectivity index (χ0n) is 12.8. The molecule has 0 radical (unpaired) electrons. The highest BCUT2D eigenvalue weighted by atomic mass is 35.5. The van der Waals surface area contributed by atoms with Crippen LogP contribution in [-0.2, 0) is 13.1 Å². The van der Waals surface area contributed by atoms with Crippen LogP contribution in [0.2, 0.25) is 5.02 Å². The molecular formula is C16H17ClFN3O2. The molecule has 0 unspecified atom stereocenters. The number of amides is 2. The number of carbonyl (C=O) groups excluding carboxylic acids is 1. The van der Waals surface area contributed by atoms with Crippen molar-refractivity contribution in [3.8, 4) is 5.88 Å². The number of carbonyl (C=O) groups is 1. The average Bonchev–Trinajstić information content (AvgIpc) is 2.56. The number of nitrogens with one attached hydrogen (secondary N) is 1.